The SMILES string of the molecule is Cc1cccc(CN[C@@H]2CCN(c3ccc(C(=O)Nc4ccccc4)cn3)C2)c1. The molecule has 2 aromatic carbocycles. The van der Waals surface area contributed by atoms with Gasteiger partial charge in [0.15, 0.2) is 0 Å². The lowest BCUT2D eigenvalue weighted by atomic mass is 10.1. The predicted octanol–water partition coefficient (Wildman–Crippen LogP) is 4.01. The molecule has 1 atom stereocenters. The normalized spacial score (nSPS) is 16.0. The molecule has 0 spiro atoms. The van der Waals surface area contributed by atoms with E-state index < -0.39 is 0 Å². The number of aryl methyl sites for hydroxylation is 1. The number of carbonyl (C=O) groups is 1. The number of hydrogen-bond donors (Lipinski definition) is 2. The van der Waals surface area contributed by atoms with E-state index in [0.29, 0.717) is 11.6 Å². The topological polar surface area (TPSA) is 57.3 Å². The molecule has 0 aliphatic carbocycles. The number of nitrogens with one attached hydrogen (secondary N) is 2. The molecule has 148 valence electrons. The highest BCUT2D eigenvalue weighted by Crippen LogP contribution is 2.19. The van der Waals surface area contributed by atoms with Gasteiger partial charge in [0.1, 0.15) is 5.82 Å². The summed E-state index contributed by atoms with van der Waals surface area (Å²) in [5.74, 6) is 0.774. The first-order chi connectivity index (χ1) is 14.2. The van der Waals surface area contributed by atoms with Crippen molar-refractivity contribution in [2.45, 2.75) is 25.9 Å². The maximum atomic E-state index is 12.4. The summed E-state index contributed by atoms with van der Waals surface area (Å²) in [5, 5.41) is 6.54. The number of nitrogens with zero attached hydrogens (tertiary/aromatic N) is 2. The molecular weight excluding hydrogens is 360 g/mol. The molecule has 0 saturated carbocycles. The number of pyridine rings is 1. The standard InChI is InChI=1S/C24H26N4O/c1-18-6-5-7-19(14-18)15-25-22-12-13-28(17-22)23-11-10-20(16-26-23)24(29)27-21-8-3-2-4-9-21/h2-11,14,16,22,25H,12-13,15,17H2,1H3,(H,27,29)/t22-/m1/s1. The number of aromatic nitrogens is 1. The zero-order valence-electron chi connectivity index (χ0n) is 16.6. The second-order valence-corrected chi connectivity index (χ2v) is 7.53. The van der Waals surface area contributed by atoms with Crippen LogP contribution >= 0.6 is 0 Å². The number of anilines is 2. The van der Waals surface area contributed by atoms with Crippen LogP contribution in [-0.2, 0) is 6.54 Å². The third-order valence-electron chi connectivity index (χ3n) is 5.23. The average Bonchev–Trinajstić information content (AvgIpc) is 3.22. The molecule has 4 rings (SSSR count). The largest absolute Gasteiger partial charge is 0.355 e. The number of para-hydroxylation sites is 1. The van der Waals surface area contributed by atoms with E-state index in [4.69, 9.17) is 0 Å². The maximum absolute atomic E-state index is 12.4. The van der Waals surface area contributed by atoms with Gasteiger partial charge < -0.3 is 15.5 Å². The van der Waals surface area contributed by atoms with Crippen LogP contribution in [0.4, 0.5) is 11.5 Å². The third kappa shape index (κ3) is 5.00. The number of benzene rings is 2. The molecule has 29 heavy (non-hydrogen) atoms. The van der Waals surface area contributed by atoms with Crippen LogP contribution in [0.1, 0.15) is 27.9 Å². The lowest BCUT2D eigenvalue weighted by Crippen LogP contribution is -2.32. The maximum Gasteiger partial charge on any atom is 0.257 e. The summed E-state index contributed by atoms with van der Waals surface area (Å²) < 4.78 is 0. The van der Waals surface area contributed by atoms with E-state index in [-0.39, 0.29) is 5.91 Å². The summed E-state index contributed by atoms with van der Waals surface area (Å²) in [6.45, 7) is 4.89. The van der Waals surface area contributed by atoms with Crippen LogP contribution in [0.5, 0.6) is 0 Å². The molecule has 5 heteroatoms. The molecule has 2 N–H and O–H groups in total. The fourth-order valence-electron chi connectivity index (χ4n) is 3.65. The number of hydrogen-bond acceptors (Lipinski definition) is 4. The van der Waals surface area contributed by atoms with Gasteiger partial charge in [0.2, 0.25) is 0 Å². The first-order valence-corrected chi connectivity index (χ1v) is 10.0. The first-order valence-electron chi connectivity index (χ1n) is 10.0. The summed E-state index contributed by atoms with van der Waals surface area (Å²) in [5.41, 5.74) is 3.95. The highest BCUT2D eigenvalue weighted by molar-refractivity contribution is 6.04. The predicted molar refractivity (Wildman–Crippen MR) is 117 cm³/mol. The van der Waals surface area contributed by atoms with Crippen molar-refractivity contribution in [1.82, 2.24) is 10.3 Å². The Morgan fingerprint density at radius 2 is 1.97 bits per heavy atom. The van der Waals surface area contributed by atoms with Crippen molar-refractivity contribution in [2.75, 3.05) is 23.3 Å². The van der Waals surface area contributed by atoms with Crippen LogP contribution in [-0.4, -0.2) is 30.0 Å². The van der Waals surface area contributed by atoms with Crippen molar-refractivity contribution in [3.05, 3.63) is 89.6 Å². The lowest BCUT2D eigenvalue weighted by Gasteiger charge is -2.18. The lowest BCUT2D eigenvalue weighted by molar-refractivity contribution is 0.102. The second kappa shape index (κ2) is 8.88. The van der Waals surface area contributed by atoms with Crippen molar-refractivity contribution < 1.29 is 4.79 Å². The van der Waals surface area contributed by atoms with Gasteiger partial charge in [0.25, 0.3) is 5.91 Å². The zero-order valence-corrected chi connectivity index (χ0v) is 16.6. The van der Waals surface area contributed by atoms with Crippen LogP contribution in [0, 0.1) is 6.92 Å². The summed E-state index contributed by atoms with van der Waals surface area (Å²) in [6.07, 6.45) is 2.74. The van der Waals surface area contributed by atoms with E-state index in [1.54, 1.807) is 6.20 Å². The van der Waals surface area contributed by atoms with Crippen LogP contribution in [0.2, 0.25) is 0 Å². The molecule has 0 radical (unpaired) electrons. The van der Waals surface area contributed by atoms with Crippen LogP contribution < -0.4 is 15.5 Å². The Bertz CT molecular complexity index is 956. The van der Waals surface area contributed by atoms with Crippen molar-refractivity contribution in [2.24, 2.45) is 0 Å². The average molecular weight is 386 g/mol. The quantitative estimate of drug-likeness (QED) is 0.672. The first kappa shape index (κ1) is 19.2. The Hall–Kier alpha value is -3.18. The molecule has 1 fully saturated rings. The Balaban J connectivity index is 1.31. The van der Waals surface area contributed by atoms with E-state index in [2.05, 4.69) is 51.7 Å². The van der Waals surface area contributed by atoms with E-state index in [1.807, 2.05) is 42.5 Å². The number of carbonyl (C=O) groups excluding carboxylic acids is 1. The highest BCUT2D eigenvalue weighted by atomic mass is 16.1. The van der Waals surface area contributed by atoms with Gasteiger partial charge in [0, 0.05) is 37.6 Å². The van der Waals surface area contributed by atoms with Gasteiger partial charge in [-0.2, -0.15) is 0 Å². The smallest absolute Gasteiger partial charge is 0.257 e. The molecule has 5 nitrogen and oxygen atoms in total. The molecule has 0 unspecified atom stereocenters. The molecule has 1 aromatic heterocycles. The van der Waals surface area contributed by atoms with Crippen molar-refractivity contribution >= 4 is 17.4 Å². The Kier molecular flexibility index (Phi) is 5.86. The molecule has 1 amide bonds. The second-order valence-electron chi connectivity index (χ2n) is 7.53. The minimum absolute atomic E-state index is 0.144. The van der Waals surface area contributed by atoms with Gasteiger partial charge in [-0.3, -0.25) is 4.79 Å². The minimum atomic E-state index is -0.144. The molecule has 3 aromatic rings. The van der Waals surface area contributed by atoms with Gasteiger partial charge >= 0.3 is 0 Å². The van der Waals surface area contributed by atoms with Crippen molar-refractivity contribution in [1.29, 1.82) is 0 Å². The molecule has 0 bridgehead atoms. The van der Waals surface area contributed by atoms with Gasteiger partial charge in [-0.25, -0.2) is 4.98 Å². The van der Waals surface area contributed by atoms with E-state index in [9.17, 15) is 4.79 Å². The summed E-state index contributed by atoms with van der Waals surface area (Å²) in [7, 11) is 0. The number of amides is 1. The van der Waals surface area contributed by atoms with Gasteiger partial charge in [0.05, 0.1) is 5.56 Å². The third-order valence-corrected chi connectivity index (χ3v) is 5.23. The minimum Gasteiger partial charge on any atom is -0.355 e. The summed E-state index contributed by atoms with van der Waals surface area (Å²) >= 11 is 0. The Morgan fingerprint density at radius 3 is 2.72 bits per heavy atom. The van der Waals surface area contributed by atoms with Crippen LogP contribution in [0.3, 0.4) is 0 Å². The highest BCUT2D eigenvalue weighted by Gasteiger charge is 2.23. The monoisotopic (exact) mass is 386 g/mol. The van der Waals surface area contributed by atoms with Gasteiger partial charge in [-0.15, -0.1) is 0 Å². The van der Waals surface area contributed by atoms with E-state index in [0.717, 1.165) is 37.6 Å². The fraction of sp³-hybridized carbons (Fsp3) is 0.250. The summed E-state index contributed by atoms with van der Waals surface area (Å²) in [6, 6.07) is 22.3. The van der Waals surface area contributed by atoms with Crippen molar-refractivity contribution in [3.8, 4) is 0 Å². The number of rotatable bonds is 6. The molecule has 1 saturated heterocycles. The van der Waals surface area contributed by atoms with Gasteiger partial charge in [-0.1, -0.05) is 48.0 Å². The molecule has 1 aliphatic rings. The zero-order chi connectivity index (χ0) is 20.1. The Labute approximate surface area is 171 Å². The van der Waals surface area contributed by atoms with Crippen molar-refractivity contribution in [3.63, 3.8) is 0 Å². The van der Waals surface area contributed by atoms with Crippen LogP contribution in [0.15, 0.2) is 72.9 Å². The van der Waals surface area contributed by atoms with Gasteiger partial charge in [-0.05, 0) is 43.2 Å². The van der Waals surface area contributed by atoms with Crippen LogP contribution in [0.25, 0.3) is 0 Å². The molecular formula is C24H26N4O. The van der Waals surface area contributed by atoms with E-state index >= 15 is 0 Å². The summed E-state index contributed by atoms with van der Waals surface area (Å²) in [4.78, 5) is 19.2. The Morgan fingerprint density at radius 1 is 1.10 bits per heavy atom. The molecule has 1 aliphatic heterocycles. The fourth-order valence-corrected chi connectivity index (χ4v) is 3.65. The molecule has 2 heterocycles. The van der Waals surface area contributed by atoms with E-state index in [1.165, 1.54) is 11.1 Å².